The highest BCUT2D eigenvalue weighted by molar-refractivity contribution is 7.98. The zero-order chi connectivity index (χ0) is 19.9. The summed E-state index contributed by atoms with van der Waals surface area (Å²) in [6, 6.07) is 10.4. The van der Waals surface area contributed by atoms with Crippen LogP contribution < -0.4 is 0 Å². The third-order valence-corrected chi connectivity index (χ3v) is 5.63. The van der Waals surface area contributed by atoms with Crippen molar-refractivity contribution in [1.29, 1.82) is 0 Å². The Morgan fingerprint density at radius 2 is 2.07 bits per heavy atom. The van der Waals surface area contributed by atoms with Gasteiger partial charge in [-0.2, -0.15) is 10.1 Å². The van der Waals surface area contributed by atoms with Crippen LogP contribution >= 0.6 is 11.8 Å². The summed E-state index contributed by atoms with van der Waals surface area (Å²) >= 11 is 1.45. The highest BCUT2D eigenvalue weighted by Crippen LogP contribution is 2.17. The van der Waals surface area contributed by atoms with Crippen molar-refractivity contribution in [2.24, 2.45) is 0 Å². The Morgan fingerprint density at radius 1 is 1.17 bits per heavy atom. The van der Waals surface area contributed by atoms with E-state index >= 15 is 0 Å². The normalized spacial score (nSPS) is 15.6. The number of H-pyrrole nitrogens is 1. The molecule has 0 unspecified atom stereocenters. The first-order chi connectivity index (χ1) is 14.3. The number of hydrogen-bond acceptors (Lipinski definition) is 8. The van der Waals surface area contributed by atoms with Crippen molar-refractivity contribution in [1.82, 2.24) is 35.1 Å². The zero-order valence-electron chi connectivity index (χ0n) is 16.0. The topological polar surface area (TPSA) is 104 Å². The maximum Gasteiger partial charge on any atom is 0.237 e. The number of aromatic nitrogens is 5. The van der Waals surface area contributed by atoms with Crippen molar-refractivity contribution in [3.05, 3.63) is 53.9 Å². The number of nitrogens with one attached hydrogen (secondary N) is 1. The van der Waals surface area contributed by atoms with E-state index in [2.05, 4.69) is 42.4 Å². The molecule has 1 N–H and O–H groups in total. The molecule has 29 heavy (non-hydrogen) atoms. The number of carbonyl (C=O) groups excluding carboxylic acids is 1. The minimum absolute atomic E-state index is 0.185. The molecule has 1 saturated heterocycles. The van der Waals surface area contributed by atoms with Gasteiger partial charge in [0.2, 0.25) is 11.8 Å². The fraction of sp³-hybridized carbons (Fsp3) is 0.421. The molecule has 0 bridgehead atoms. The molecule has 2 aromatic heterocycles. The van der Waals surface area contributed by atoms with E-state index in [9.17, 15) is 4.79 Å². The molecule has 1 amide bonds. The maximum absolute atomic E-state index is 12.5. The summed E-state index contributed by atoms with van der Waals surface area (Å²) in [4.78, 5) is 25.2. The van der Waals surface area contributed by atoms with Gasteiger partial charge >= 0.3 is 0 Å². The molecule has 0 saturated carbocycles. The molecule has 10 heteroatoms. The summed E-state index contributed by atoms with van der Waals surface area (Å²) in [5.41, 5.74) is 1.27. The van der Waals surface area contributed by atoms with Gasteiger partial charge in [-0.1, -0.05) is 47.3 Å². The summed E-state index contributed by atoms with van der Waals surface area (Å²) in [5, 5.41) is 11.3. The number of hydrogen-bond donors (Lipinski definition) is 1. The number of nitrogens with zero attached hydrogens (tertiary/aromatic N) is 6. The van der Waals surface area contributed by atoms with Gasteiger partial charge in [-0.05, 0) is 5.56 Å². The number of rotatable bonds is 8. The van der Waals surface area contributed by atoms with Gasteiger partial charge in [-0.25, -0.2) is 4.98 Å². The van der Waals surface area contributed by atoms with Crippen molar-refractivity contribution in [3.8, 4) is 0 Å². The Labute approximate surface area is 172 Å². The lowest BCUT2D eigenvalue weighted by molar-refractivity contribution is -0.130. The Morgan fingerprint density at radius 3 is 2.90 bits per heavy atom. The summed E-state index contributed by atoms with van der Waals surface area (Å²) in [7, 11) is 0. The number of thioether (sulfide) groups is 1. The Bertz CT molecular complexity index is 900. The fourth-order valence-corrected chi connectivity index (χ4v) is 3.84. The standard InChI is InChI=1S/C19H23N7O2S/c27-18-7-8-25(12-15-4-2-1-3-5-15)10-11-26(18)9-6-16-22-17(28-24-16)13-29-19-20-14-21-23-19/h1-5,14H,6-13H2,(H,20,21,23). The molecular formula is C19H23N7O2S. The highest BCUT2D eigenvalue weighted by atomic mass is 32.2. The summed E-state index contributed by atoms with van der Waals surface area (Å²) < 4.78 is 5.28. The molecule has 0 spiro atoms. The first kappa shape index (κ1) is 19.6. The fourth-order valence-electron chi connectivity index (χ4n) is 3.23. The van der Waals surface area contributed by atoms with Crippen molar-refractivity contribution < 1.29 is 9.32 Å². The minimum atomic E-state index is 0.185. The molecule has 9 nitrogen and oxygen atoms in total. The van der Waals surface area contributed by atoms with Crippen LogP contribution in [-0.2, 0) is 23.5 Å². The Balaban J connectivity index is 1.24. The molecule has 1 aromatic carbocycles. The second-order valence-corrected chi connectivity index (χ2v) is 7.79. The van der Waals surface area contributed by atoms with Gasteiger partial charge in [-0.3, -0.25) is 14.8 Å². The second kappa shape index (κ2) is 9.66. The molecule has 152 valence electrons. The molecule has 3 heterocycles. The van der Waals surface area contributed by atoms with Crippen LogP contribution in [0.25, 0.3) is 0 Å². The average molecular weight is 414 g/mol. The molecule has 3 aromatic rings. The van der Waals surface area contributed by atoms with Gasteiger partial charge in [0.1, 0.15) is 6.33 Å². The molecule has 4 rings (SSSR count). The Hall–Kier alpha value is -2.72. The lowest BCUT2D eigenvalue weighted by Crippen LogP contribution is -2.34. The number of amides is 1. The zero-order valence-corrected chi connectivity index (χ0v) is 16.8. The van der Waals surface area contributed by atoms with Crippen LogP contribution in [0, 0.1) is 0 Å². The van der Waals surface area contributed by atoms with Crippen molar-refractivity contribution in [2.45, 2.75) is 30.3 Å². The van der Waals surface area contributed by atoms with E-state index in [0.29, 0.717) is 42.0 Å². The predicted octanol–water partition coefficient (Wildman–Crippen LogP) is 1.76. The van der Waals surface area contributed by atoms with E-state index in [1.165, 1.54) is 23.7 Å². The first-order valence-electron chi connectivity index (χ1n) is 9.60. The Kier molecular flexibility index (Phi) is 6.52. The predicted molar refractivity (Wildman–Crippen MR) is 107 cm³/mol. The lowest BCUT2D eigenvalue weighted by atomic mass is 10.2. The maximum atomic E-state index is 12.5. The largest absolute Gasteiger partial charge is 0.341 e. The third kappa shape index (κ3) is 5.64. The molecule has 1 aliphatic rings. The van der Waals surface area contributed by atoms with Crippen molar-refractivity contribution in [2.75, 3.05) is 26.2 Å². The third-order valence-electron chi connectivity index (χ3n) is 4.77. The molecule has 1 aliphatic heterocycles. The van der Waals surface area contributed by atoms with E-state index in [4.69, 9.17) is 4.52 Å². The van der Waals surface area contributed by atoms with Gasteiger partial charge in [0.25, 0.3) is 0 Å². The monoisotopic (exact) mass is 413 g/mol. The van der Waals surface area contributed by atoms with Crippen molar-refractivity contribution in [3.63, 3.8) is 0 Å². The molecule has 0 aliphatic carbocycles. The first-order valence-corrected chi connectivity index (χ1v) is 10.6. The van der Waals surface area contributed by atoms with E-state index in [1.54, 1.807) is 0 Å². The molecule has 1 fully saturated rings. The van der Waals surface area contributed by atoms with Gasteiger partial charge in [0, 0.05) is 45.6 Å². The van der Waals surface area contributed by atoms with Gasteiger partial charge < -0.3 is 9.42 Å². The number of carbonyl (C=O) groups is 1. The van der Waals surface area contributed by atoms with E-state index in [-0.39, 0.29) is 5.91 Å². The minimum Gasteiger partial charge on any atom is -0.341 e. The number of benzene rings is 1. The summed E-state index contributed by atoms with van der Waals surface area (Å²) in [6.45, 7) is 3.85. The summed E-state index contributed by atoms with van der Waals surface area (Å²) in [6.07, 6.45) is 2.58. The average Bonchev–Trinajstić information content (AvgIpc) is 3.39. The van der Waals surface area contributed by atoms with Crippen LogP contribution in [0.4, 0.5) is 0 Å². The van der Waals surface area contributed by atoms with Crippen LogP contribution in [0.2, 0.25) is 0 Å². The quantitative estimate of drug-likeness (QED) is 0.557. The van der Waals surface area contributed by atoms with Crippen LogP contribution in [0.5, 0.6) is 0 Å². The number of aromatic amines is 1. The lowest BCUT2D eigenvalue weighted by Gasteiger charge is -2.21. The van der Waals surface area contributed by atoms with Crippen LogP contribution in [-0.4, -0.2) is 67.2 Å². The molecule has 0 radical (unpaired) electrons. The van der Waals surface area contributed by atoms with Crippen LogP contribution in [0.1, 0.15) is 23.7 Å². The van der Waals surface area contributed by atoms with Gasteiger partial charge in [0.15, 0.2) is 11.0 Å². The van der Waals surface area contributed by atoms with Gasteiger partial charge in [-0.15, -0.1) is 0 Å². The summed E-state index contributed by atoms with van der Waals surface area (Å²) in [5.74, 6) is 1.87. The van der Waals surface area contributed by atoms with E-state index in [1.807, 2.05) is 23.1 Å². The second-order valence-electron chi connectivity index (χ2n) is 6.83. The highest BCUT2D eigenvalue weighted by Gasteiger charge is 2.21. The van der Waals surface area contributed by atoms with E-state index < -0.39 is 0 Å². The van der Waals surface area contributed by atoms with Gasteiger partial charge in [0.05, 0.1) is 5.75 Å². The molecular weight excluding hydrogens is 390 g/mol. The van der Waals surface area contributed by atoms with Crippen LogP contribution in [0.15, 0.2) is 46.3 Å². The van der Waals surface area contributed by atoms with Crippen LogP contribution in [0.3, 0.4) is 0 Å². The molecule has 0 atom stereocenters. The SMILES string of the molecule is O=C1CCN(Cc2ccccc2)CCN1CCc1noc(CSc2ncn[nH]2)n1. The smallest absolute Gasteiger partial charge is 0.237 e. The van der Waals surface area contributed by atoms with Crippen molar-refractivity contribution >= 4 is 17.7 Å². The van der Waals surface area contributed by atoms with E-state index in [0.717, 1.165) is 26.2 Å².